The first kappa shape index (κ1) is 19.2. The number of halogens is 4. The molecule has 8 heteroatoms. The molecule has 1 aliphatic rings. The zero-order valence-electron chi connectivity index (χ0n) is 10.6. The van der Waals surface area contributed by atoms with E-state index in [-0.39, 0.29) is 41.9 Å². The Kier molecular flexibility index (Phi) is 8.12. The average Bonchev–Trinajstić information content (AvgIpc) is 2.28. The summed E-state index contributed by atoms with van der Waals surface area (Å²) < 4.78 is 26.4. The zero-order chi connectivity index (χ0) is 13.1. The smallest absolute Gasteiger partial charge is 0.258 e. The number of nitrogens with zero attached hydrogens (tertiary/aromatic N) is 1. The van der Waals surface area contributed by atoms with E-state index in [1.807, 2.05) is 0 Å². The van der Waals surface area contributed by atoms with E-state index in [1.165, 1.54) is 12.1 Å². The van der Waals surface area contributed by atoms with Crippen molar-refractivity contribution in [2.24, 2.45) is 0 Å². The lowest BCUT2D eigenvalue weighted by atomic mass is 10.0. The quantitative estimate of drug-likeness (QED) is 0.794. The Labute approximate surface area is 128 Å². The molecule has 0 amide bonds. The molecule has 0 saturated carbocycles. The van der Waals surface area contributed by atoms with Crippen molar-refractivity contribution < 1.29 is 19.0 Å². The topological polar surface area (TPSA) is 55.7 Å². The molecule has 0 radical (unpaired) electrons. The third-order valence-electron chi connectivity index (χ3n) is 3.05. The predicted molar refractivity (Wildman–Crippen MR) is 77.5 cm³/mol. The number of hydrogen-bond acceptors (Lipinski definition) is 4. The van der Waals surface area contributed by atoms with E-state index in [1.54, 1.807) is 4.90 Å². The summed E-state index contributed by atoms with van der Waals surface area (Å²) in [5.74, 6) is -0.406. The van der Waals surface area contributed by atoms with Crippen LogP contribution < -0.4 is 5.32 Å². The lowest BCUT2D eigenvalue weighted by Crippen LogP contribution is -2.46. The van der Waals surface area contributed by atoms with E-state index in [2.05, 4.69) is 5.32 Å². The molecule has 0 aromatic heterocycles. The first-order valence-corrected chi connectivity index (χ1v) is 5.84. The number of piperazine rings is 1. The number of nitrogens with one attached hydrogen (secondary N) is 1. The first-order chi connectivity index (χ1) is 8.58. The summed E-state index contributed by atoms with van der Waals surface area (Å²) in [5, 5.41) is 21.9. The minimum Gasteiger partial charge on any atom is -0.508 e. The van der Waals surface area contributed by atoms with Gasteiger partial charge in [-0.1, -0.05) is 0 Å². The van der Waals surface area contributed by atoms with Gasteiger partial charge in [-0.15, -0.1) is 24.8 Å². The minimum atomic E-state index is -2.57. The molecule has 1 saturated heterocycles. The monoisotopic (exact) mass is 330 g/mol. The van der Waals surface area contributed by atoms with Crippen LogP contribution in [0.25, 0.3) is 0 Å². The summed E-state index contributed by atoms with van der Waals surface area (Å²) >= 11 is 0. The molecular formula is C12H18Cl2F2N2O2. The highest BCUT2D eigenvalue weighted by Gasteiger charge is 2.30. The van der Waals surface area contributed by atoms with Crippen molar-refractivity contribution in [2.75, 3.05) is 26.2 Å². The van der Waals surface area contributed by atoms with Crippen LogP contribution in [-0.4, -0.2) is 47.7 Å². The van der Waals surface area contributed by atoms with Gasteiger partial charge < -0.3 is 15.5 Å². The van der Waals surface area contributed by atoms with Gasteiger partial charge in [-0.05, 0) is 17.7 Å². The van der Waals surface area contributed by atoms with Crippen molar-refractivity contribution in [3.05, 3.63) is 23.8 Å². The molecule has 0 spiro atoms. The van der Waals surface area contributed by atoms with Gasteiger partial charge in [0.1, 0.15) is 11.5 Å². The van der Waals surface area contributed by atoms with Crippen LogP contribution >= 0.6 is 24.8 Å². The van der Waals surface area contributed by atoms with Crippen LogP contribution in [0.2, 0.25) is 0 Å². The van der Waals surface area contributed by atoms with Crippen molar-refractivity contribution in [2.45, 2.75) is 12.5 Å². The van der Waals surface area contributed by atoms with Crippen LogP contribution in [0.15, 0.2) is 18.2 Å². The Morgan fingerprint density at radius 2 is 1.50 bits per heavy atom. The van der Waals surface area contributed by atoms with Crippen LogP contribution in [0, 0.1) is 0 Å². The number of rotatable bonds is 3. The maximum absolute atomic E-state index is 13.2. The second kappa shape index (κ2) is 8.46. The molecule has 2 rings (SSSR count). The predicted octanol–water partition coefficient (Wildman–Crippen LogP) is 2.15. The highest BCUT2D eigenvalue weighted by molar-refractivity contribution is 5.85. The van der Waals surface area contributed by atoms with Crippen LogP contribution in [0.5, 0.6) is 11.5 Å². The Hall–Kier alpha value is -0.820. The van der Waals surface area contributed by atoms with Crippen LogP contribution in [0.4, 0.5) is 8.78 Å². The highest BCUT2D eigenvalue weighted by atomic mass is 35.5. The summed E-state index contributed by atoms with van der Waals surface area (Å²) in [4.78, 5) is 1.66. The van der Waals surface area contributed by atoms with Crippen molar-refractivity contribution in [1.29, 1.82) is 0 Å². The second-order valence-corrected chi connectivity index (χ2v) is 4.35. The van der Waals surface area contributed by atoms with E-state index >= 15 is 0 Å². The first-order valence-electron chi connectivity index (χ1n) is 5.84. The van der Waals surface area contributed by atoms with Crippen molar-refractivity contribution in [3.63, 3.8) is 0 Å². The highest BCUT2D eigenvalue weighted by Crippen LogP contribution is 2.32. The molecule has 0 bridgehead atoms. The molecule has 20 heavy (non-hydrogen) atoms. The minimum absolute atomic E-state index is 0. The van der Waals surface area contributed by atoms with Crippen molar-refractivity contribution in [3.8, 4) is 11.5 Å². The Bertz CT molecular complexity index is 398. The molecule has 0 aliphatic carbocycles. The number of phenols is 2. The van der Waals surface area contributed by atoms with Gasteiger partial charge in [0.15, 0.2) is 0 Å². The van der Waals surface area contributed by atoms with Gasteiger partial charge in [0.2, 0.25) is 0 Å². The van der Waals surface area contributed by atoms with Gasteiger partial charge in [0.25, 0.3) is 6.43 Å². The summed E-state index contributed by atoms with van der Waals surface area (Å²) in [6, 6.07) is 2.59. The fourth-order valence-corrected chi connectivity index (χ4v) is 2.26. The third-order valence-corrected chi connectivity index (χ3v) is 3.05. The molecule has 1 heterocycles. The largest absolute Gasteiger partial charge is 0.508 e. The molecule has 4 nitrogen and oxygen atoms in total. The fraction of sp³-hybridized carbons (Fsp3) is 0.500. The molecule has 0 unspecified atom stereocenters. The van der Waals surface area contributed by atoms with E-state index in [0.717, 1.165) is 6.07 Å². The van der Waals surface area contributed by atoms with Gasteiger partial charge in [0, 0.05) is 32.2 Å². The summed E-state index contributed by atoms with van der Waals surface area (Å²) in [6.07, 6.45) is -2.57. The number of hydrogen-bond donors (Lipinski definition) is 3. The summed E-state index contributed by atoms with van der Waals surface area (Å²) in [6.45, 7) is 2.36. The van der Waals surface area contributed by atoms with Gasteiger partial charge >= 0.3 is 0 Å². The van der Waals surface area contributed by atoms with Crippen LogP contribution in [0.3, 0.4) is 0 Å². The molecule has 1 aromatic rings. The van der Waals surface area contributed by atoms with Gasteiger partial charge in [-0.2, -0.15) is 0 Å². The number of aromatic hydroxyl groups is 2. The van der Waals surface area contributed by atoms with Gasteiger partial charge in [0.05, 0.1) is 6.04 Å². The zero-order valence-corrected chi connectivity index (χ0v) is 12.3. The molecule has 1 aromatic carbocycles. The Morgan fingerprint density at radius 3 is 1.95 bits per heavy atom. The third kappa shape index (κ3) is 4.63. The molecule has 116 valence electrons. The van der Waals surface area contributed by atoms with Crippen molar-refractivity contribution >= 4 is 24.8 Å². The van der Waals surface area contributed by atoms with E-state index in [0.29, 0.717) is 26.2 Å². The van der Waals surface area contributed by atoms with Gasteiger partial charge in [-0.25, -0.2) is 8.78 Å². The second-order valence-electron chi connectivity index (χ2n) is 4.35. The number of benzene rings is 1. The van der Waals surface area contributed by atoms with Gasteiger partial charge in [-0.3, -0.25) is 4.90 Å². The van der Waals surface area contributed by atoms with E-state index in [9.17, 15) is 19.0 Å². The molecule has 1 fully saturated rings. The van der Waals surface area contributed by atoms with Crippen molar-refractivity contribution in [1.82, 2.24) is 10.2 Å². The normalized spacial score (nSPS) is 17.1. The fourth-order valence-electron chi connectivity index (χ4n) is 2.26. The maximum Gasteiger partial charge on any atom is 0.258 e. The van der Waals surface area contributed by atoms with Crippen LogP contribution in [-0.2, 0) is 0 Å². The maximum atomic E-state index is 13.2. The lowest BCUT2D eigenvalue weighted by Gasteiger charge is -2.34. The SMILES string of the molecule is Cl.Cl.Oc1cc(O)cc([C@H](C(F)F)N2CCNCC2)c1. The average molecular weight is 331 g/mol. The lowest BCUT2D eigenvalue weighted by molar-refractivity contribution is 0.0180. The molecule has 1 atom stereocenters. The Morgan fingerprint density at radius 1 is 1.00 bits per heavy atom. The molecule has 1 aliphatic heterocycles. The molecular weight excluding hydrogens is 313 g/mol. The summed E-state index contributed by atoms with van der Waals surface area (Å²) in [7, 11) is 0. The Balaban J connectivity index is 0.00000180. The van der Waals surface area contributed by atoms with E-state index < -0.39 is 12.5 Å². The summed E-state index contributed by atoms with van der Waals surface area (Å²) in [5.41, 5.74) is 0.240. The number of phenolic OH excluding ortho intramolecular Hbond substituents is 2. The van der Waals surface area contributed by atoms with E-state index in [4.69, 9.17) is 0 Å². The molecule has 3 N–H and O–H groups in total. The standard InChI is InChI=1S/C12H16F2N2O2.2ClH/c13-12(14)11(16-3-1-15-2-4-16)8-5-9(17)7-10(18)6-8;;/h5-7,11-12,15,17-18H,1-4H2;2*1H/t11-;;/m1../s1. The van der Waals surface area contributed by atoms with Crippen LogP contribution in [0.1, 0.15) is 11.6 Å². The number of alkyl halides is 2.